The van der Waals surface area contributed by atoms with Crippen LogP contribution in [0.4, 0.5) is 5.13 Å². The van der Waals surface area contributed by atoms with Crippen LogP contribution in [-0.4, -0.2) is 48.4 Å². The smallest absolute Gasteiger partial charge is 0.186 e. The van der Waals surface area contributed by atoms with Crippen LogP contribution in [0.25, 0.3) is 0 Å². The number of aryl methyl sites for hydroxylation is 1. The van der Waals surface area contributed by atoms with Crippen LogP contribution in [0.1, 0.15) is 36.1 Å². The lowest BCUT2D eigenvalue weighted by Gasteiger charge is -2.42. The first-order valence-electron chi connectivity index (χ1n) is 6.48. The fourth-order valence-electron chi connectivity index (χ4n) is 2.39. The second-order valence-corrected chi connectivity index (χ2v) is 6.06. The van der Waals surface area contributed by atoms with Crippen LogP contribution >= 0.6 is 11.3 Å². The van der Waals surface area contributed by atoms with Crippen molar-refractivity contribution in [3.63, 3.8) is 0 Å². The molecule has 0 aromatic carbocycles. The number of hydrogen-bond acceptors (Lipinski definition) is 5. The molecule has 1 aromatic rings. The monoisotopic (exact) mass is 267 g/mol. The number of aldehydes is 1. The van der Waals surface area contributed by atoms with Crippen molar-refractivity contribution in [1.82, 2.24) is 9.88 Å². The summed E-state index contributed by atoms with van der Waals surface area (Å²) in [6, 6.07) is 1.03. The maximum atomic E-state index is 11.0. The number of hydrogen-bond donors (Lipinski definition) is 0. The Morgan fingerprint density at radius 2 is 2.00 bits per heavy atom. The molecule has 1 aliphatic rings. The third-order valence-electron chi connectivity index (χ3n) is 3.79. The lowest BCUT2D eigenvalue weighted by atomic mass is 10.1. The van der Waals surface area contributed by atoms with Crippen molar-refractivity contribution in [3.05, 3.63) is 10.6 Å². The summed E-state index contributed by atoms with van der Waals surface area (Å²) < 4.78 is 0. The van der Waals surface area contributed by atoms with Crippen LogP contribution < -0.4 is 4.90 Å². The van der Waals surface area contributed by atoms with Gasteiger partial charge in [-0.25, -0.2) is 4.98 Å². The van der Waals surface area contributed by atoms with Gasteiger partial charge in [-0.3, -0.25) is 9.69 Å². The highest BCUT2D eigenvalue weighted by Gasteiger charge is 2.28. The number of carbonyl (C=O) groups is 1. The van der Waals surface area contributed by atoms with Gasteiger partial charge in [-0.15, -0.1) is 0 Å². The third-order valence-corrected chi connectivity index (χ3v) is 4.87. The SMILES string of the molecule is CCc1nc(N2CC(C)N(C)C(C)C2)sc1C=O. The number of carbonyl (C=O) groups excluding carboxylic acids is 1. The number of rotatable bonds is 3. The molecule has 5 heteroatoms. The predicted octanol–water partition coefficient (Wildman–Crippen LogP) is 2.05. The van der Waals surface area contributed by atoms with Crippen LogP contribution in [0, 0.1) is 0 Å². The largest absolute Gasteiger partial charge is 0.345 e. The molecule has 18 heavy (non-hydrogen) atoms. The second-order valence-electron chi connectivity index (χ2n) is 5.05. The average Bonchev–Trinajstić information content (AvgIpc) is 2.78. The lowest BCUT2D eigenvalue weighted by Crippen LogP contribution is -2.55. The van der Waals surface area contributed by atoms with Gasteiger partial charge in [0, 0.05) is 25.2 Å². The van der Waals surface area contributed by atoms with Crippen molar-refractivity contribution in [3.8, 4) is 0 Å². The van der Waals surface area contributed by atoms with Gasteiger partial charge in [0.15, 0.2) is 11.4 Å². The highest BCUT2D eigenvalue weighted by atomic mass is 32.1. The third kappa shape index (κ3) is 2.42. The van der Waals surface area contributed by atoms with E-state index < -0.39 is 0 Å². The van der Waals surface area contributed by atoms with Gasteiger partial charge in [-0.2, -0.15) is 0 Å². The highest BCUT2D eigenvalue weighted by Crippen LogP contribution is 2.28. The number of likely N-dealkylation sites (N-methyl/N-ethyl adjacent to an activating group) is 1. The minimum Gasteiger partial charge on any atom is -0.345 e. The maximum absolute atomic E-state index is 11.0. The van der Waals surface area contributed by atoms with E-state index >= 15 is 0 Å². The minimum atomic E-state index is 0.516. The molecule has 4 nitrogen and oxygen atoms in total. The molecule has 0 radical (unpaired) electrons. The molecule has 0 aliphatic carbocycles. The second kappa shape index (κ2) is 5.36. The summed E-state index contributed by atoms with van der Waals surface area (Å²) in [6.07, 6.45) is 1.76. The van der Waals surface area contributed by atoms with Gasteiger partial charge in [0.2, 0.25) is 0 Å². The molecule has 0 N–H and O–H groups in total. The number of aromatic nitrogens is 1. The Balaban J connectivity index is 2.21. The Morgan fingerprint density at radius 1 is 1.39 bits per heavy atom. The summed E-state index contributed by atoms with van der Waals surface area (Å²) in [5.74, 6) is 0. The van der Waals surface area contributed by atoms with Crippen LogP contribution in [-0.2, 0) is 6.42 Å². The van der Waals surface area contributed by atoms with Gasteiger partial charge in [0.25, 0.3) is 0 Å². The van der Waals surface area contributed by atoms with E-state index in [0.717, 1.165) is 41.5 Å². The van der Waals surface area contributed by atoms with E-state index in [4.69, 9.17) is 0 Å². The Kier molecular flexibility index (Phi) is 4.02. The molecule has 2 rings (SSSR count). The van der Waals surface area contributed by atoms with E-state index in [2.05, 4.69) is 35.7 Å². The molecule has 1 saturated heterocycles. The molecule has 0 saturated carbocycles. The molecule has 0 bridgehead atoms. The number of piperazine rings is 1. The summed E-state index contributed by atoms with van der Waals surface area (Å²) >= 11 is 1.52. The number of anilines is 1. The van der Waals surface area contributed by atoms with Crippen LogP contribution in [0.2, 0.25) is 0 Å². The molecular formula is C13H21N3OS. The predicted molar refractivity (Wildman–Crippen MR) is 75.8 cm³/mol. The van der Waals surface area contributed by atoms with E-state index in [1.807, 2.05) is 6.92 Å². The van der Waals surface area contributed by atoms with Gasteiger partial charge in [-0.1, -0.05) is 18.3 Å². The zero-order valence-electron chi connectivity index (χ0n) is 11.5. The zero-order chi connectivity index (χ0) is 13.3. The molecule has 100 valence electrons. The van der Waals surface area contributed by atoms with Gasteiger partial charge in [-0.05, 0) is 27.3 Å². The van der Waals surface area contributed by atoms with E-state index in [0.29, 0.717) is 12.1 Å². The van der Waals surface area contributed by atoms with Crippen molar-refractivity contribution < 1.29 is 4.79 Å². The van der Waals surface area contributed by atoms with Gasteiger partial charge in [0.1, 0.15) is 0 Å². The van der Waals surface area contributed by atoms with Crippen molar-refractivity contribution in [2.45, 2.75) is 39.3 Å². The molecule has 2 unspecified atom stereocenters. The Bertz CT molecular complexity index is 420. The van der Waals surface area contributed by atoms with Gasteiger partial charge in [0.05, 0.1) is 10.6 Å². The molecule has 1 fully saturated rings. The summed E-state index contributed by atoms with van der Waals surface area (Å²) in [6.45, 7) is 8.47. The summed E-state index contributed by atoms with van der Waals surface area (Å²) in [5, 5.41) is 1.00. The normalized spacial score (nSPS) is 25.4. The minimum absolute atomic E-state index is 0.516. The fourth-order valence-corrected chi connectivity index (χ4v) is 3.38. The van der Waals surface area contributed by atoms with Gasteiger partial charge < -0.3 is 4.90 Å². The standard InChI is InChI=1S/C13H21N3OS/c1-5-11-12(8-17)18-13(14-11)16-6-9(2)15(4)10(3)7-16/h8-10H,5-7H2,1-4H3. The molecular weight excluding hydrogens is 246 g/mol. The molecule has 2 atom stereocenters. The van der Waals surface area contributed by atoms with Crippen molar-refractivity contribution in [2.24, 2.45) is 0 Å². The van der Waals surface area contributed by atoms with Crippen molar-refractivity contribution in [2.75, 3.05) is 25.0 Å². The van der Waals surface area contributed by atoms with E-state index in [-0.39, 0.29) is 0 Å². The first kappa shape index (κ1) is 13.5. The summed E-state index contributed by atoms with van der Waals surface area (Å²) in [4.78, 5) is 21.1. The average molecular weight is 267 g/mol. The summed E-state index contributed by atoms with van der Waals surface area (Å²) in [7, 11) is 2.17. The first-order valence-corrected chi connectivity index (χ1v) is 7.30. The van der Waals surface area contributed by atoms with Crippen molar-refractivity contribution in [1.29, 1.82) is 0 Å². The Morgan fingerprint density at radius 3 is 2.44 bits per heavy atom. The van der Waals surface area contributed by atoms with E-state index in [1.54, 1.807) is 0 Å². The highest BCUT2D eigenvalue weighted by molar-refractivity contribution is 7.17. The number of nitrogens with zero attached hydrogens (tertiary/aromatic N) is 3. The van der Waals surface area contributed by atoms with Crippen molar-refractivity contribution >= 4 is 22.8 Å². The topological polar surface area (TPSA) is 36.4 Å². The summed E-state index contributed by atoms with van der Waals surface area (Å²) in [5.41, 5.74) is 0.934. The van der Waals surface area contributed by atoms with Crippen LogP contribution in [0.15, 0.2) is 0 Å². The molecule has 0 amide bonds. The lowest BCUT2D eigenvalue weighted by molar-refractivity contribution is 0.112. The molecule has 1 aromatic heterocycles. The molecule has 0 spiro atoms. The fraction of sp³-hybridized carbons (Fsp3) is 0.692. The van der Waals surface area contributed by atoms with E-state index in [1.165, 1.54) is 11.3 Å². The van der Waals surface area contributed by atoms with Gasteiger partial charge >= 0.3 is 0 Å². The number of thiazole rings is 1. The Hall–Kier alpha value is -0.940. The van der Waals surface area contributed by atoms with Crippen LogP contribution in [0.5, 0.6) is 0 Å². The van der Waals surface area contributed by atoms with Crippen LogP contribution in [0.3, 0.4) is 0 Å². The first-order chi connectivity index (χ1) is 8.56. The quantitative estimate of drug-likeness (QED) is 0.785. The maximum Gasteiger partial charge on any atom is 0.186 e. The Labute approximate surface area is 113 Å². The molecule has 1 aliphatic heterocycles. The van der Waals surface area contributed by atoms with E-state index in [9.17, 15) is 4.79 Å². The zero-order valence-corrected chi connectivity index (χ0v) is 12.3. The molecule has 2 heterocycles.